The first kappa shape index (κ1) is 14.4. The molecule has 0 aliphatic rings. The van der Waals surface area contributed by atoms with E-state index in [0.717, 1.165) is 0 Å². The monoisotopic (exact) mass is 254 g/mol. The predicted molar refractivity (Wildman–Crippen MR) is 64.9 cm³/mol. The summed E-state index contributed by atoms with van der Waals surface area (Å²) in [4.78, 5) is 18.5. The first-order valence-electron chi connectivity index (χ1n) is 5.63. The quantitative estimate of drug-likeness (QED) is 0.805. The smallest absolute Gasteiger partial charge is 0.339 e. The van der Waals surface area contributed by atoms with E-state index in [0.29, 0.717) is 18.9 Å². The topological polar surface area (TPSA) is 81.5 Å². The van der Waals surface area contributed by atoms with Gasteiger partial charge in [0.05, 0.1) is 23.5 Å². The van der Waals surface area contributed by atoms with Gasteiger partial charge in [-0.2, -0.15) is 4.98 Å². The molecule has 0 aliphatic heterocycles. The third-order valence-electron chi connectivity index (χ3n) is 2.04. The number of aryl methyl sites for hydroxylation is 1. The number of hydrogen-bond acceptors (Lipinski definition) is 5. The number of carbonyl (C=O) groups is 1. The molecule has 0 saturated heterocycles. The first-order chi connectivity index (χ1) is 8.29. The van der Waals surface area contributed by atoms with E-state index >= 15 is 0 Å². The van der Waals surface area contributed by atoms with Crippen LogP contribution < -0.4 is 4.74 Å². The molecular weight excluding hydrogens is 236 g/mol. The highest BCUT2D eigenvalue weighted by Crippen LogP contribution is 2.09. The second kappa shape index (κ2) is 5.77. The van der Waals surface area contributed by atoms with Crippen LogP contribution in [0, 0.1) is 6.92 Å². The summed E-state index contributed by atoms with van der Waals surface area (Å²) in [5, 5.41) is 8.82. The molecule has 1 aromatic heterocycles. The second-order valence-electron chi connectivity index (χ2n) is 4.77. The third-order valence-corrected chi connectivity index (χ3v) is 2.04. The van der Waals surface area contributed by atoms with Gasteiger partial charge < -0.3 is 14.6 Å². The zero-order chi connectivity index (χ0) is 13.8. The Morgan fingerprint density at radius 2 is 2.06 bits per heavy atom. The van der Waals surface area contributed by atoms with Gasteiger partial charge in [-0.05, 0) is 27.7 Å². The van der Waals surface area contributed by atoms with Crippen LogP contribution in [0.3, 0.4) is 0 Å². The van der Waals surface area contributed by atoms with E-state index in [4.69, 9.17) is 14.6 Å². The van der Waals surface area contributed by atoms with Crippen molar-refractivity contribution < 1.29 is 19.4 Å². The summed E-state index contributed by atoms with van der Waals surface area (Å²) < 4.78 is 10.7. The van der Waals surface area contributed by atoms with Crippen LogP contribution in [0.25, 0.3) is 0 Å². The van der Waals surface area contributed by atoms with Gasteiger partial charge in [0.25, 0.3) is 0 Å². The molecule has 0 radical (unpaired) electrons. The van der Waals surface area contributed by atoms with Gasteiger partial charge in [-0.3, -0.25) is 0 Å². The minimum atomic E-state index is -1.05. The Balaban J connectivity index is 2.49. The van der Waals surface area contributed by atoms with Gasteiger partial charge in [-0.1, -0.05) is 0 Å². The SMILES string of the molecule is Cc1nc(OCCOC(C)(C)C)ncc1C(=O)O. The van der Waals surface area contributed by atoms with Gasteiger partial charge in [0.15, 0.2) is 0 Å². The Bertz CT molecular complexity index is 427. The van der Waals surface area contributed by atoms with E-state index < -0.39 is 5.97 Å². The van der Waals surface area contributed by atoms with Crippen LogP contribution in [-0.4, -0.2) is 39.9 Å². The van der Waals surface area contributed by atoms with E-state index in [-0.39, 0.29) is 17.2 Å². The van der Waals surface area contributed by atoms with Crippen LogP contribution in [0.15, 0.2) is 6.20 Å². The number of nitrogens with zero attached hydrogens (tertiary/aromatic N) is 2. The fourth-order valence-corrected chi connectivity index (χ4v) is 1.21. The Morgan fingerprint density at radius 1 is 1.39 bits per heavy atom. The van der Waals surface area contributed by atoms with Gasteiger partial charge >= 0.3 is 12.0 Å². The minimum absolute atomic E-state index is 0.0771. The Hall–Kier alpha value is -1.69. The molecule has 18 heavy (non-hydrogen) atoms. The van der Waals surface area contributed by atoms with Crippen molar-refractivity contribution in [2.45, 2.75) is 33.3 Å². The van der Waals surface area contributed by atoms with Crippen LogP contribution in [0.2, 0.25) is 0 Å². The average molecular weight is 254 g/mol. The lowest BCUT2D eigenvalue weighted by atomic mass is 10.2. The number of hydrogen-bond donors (Lipinski definition) is 1. The predicted octanol–water partition coefficient (Wildman–Crippen LogP) is 1.68. The third kappa shape index (κ3) is 4.67. The zero-order valence-corrected chi connectivity index (χ0v) is 11.1. The van der Waals surface area contributed by atoms with Gasteiger partial charge in [-0.15, -0.1) is 0 Å². The van der Waals surface area contributed by atoms with E-state index in [2.05, 4.69) is 9.97 Å². The summed E-state index contributed by atoms with van der Waals surface area (Å²) in [6.45, 7) is 8.21. The molecule has 1 heterocycles. The lowest BCUT2D eigenvalue weighted by Gasteiger charge is -2.19. The fourth-order valence-electron chi connectivity index (χ4n) is 1.21. The maximum Gasteiger partial charge on any atom is 0.339 e. The van der Waals surface area contributed by atoms with E-state index in [1.165, 1.54) is 6.20 Å². The minimum Gasteiger partial charge on any atom is -0.478 e. The molecular formula is C12H18N2O4. The number of ether oxygens (including phenoxy) is 2. The lowest BCUT2D eigenvalue weighted by Crippen LogP contribution is -2.22. The number of aromatic nitrogens is 2. The first-order valence-corrected chi connectivity index (χ1v) is 5.63. The highest BCUT2D eigenvalue weighted by Gasteiger charge is 2.12. The lowest BCUT2D eigenvalue weighted by molar-refractivity contribution is -0.0174. The molecule has 6 nitrogen and oxygen atoms in total. The standard InChI is InChI=1S/C12H18N2O4/c1-8-9(10(15)16)7-13-11(14-8)17-5-6-18-12(2,3)4/h7H,5-6H2,1-4H3,(H,15,16). The number of carboxylic acid groups (broad SMARTS) is 1. The van der Waals surface area contributed by atoms with Gasteiger partial charge in [0.1, 0.15) is 6.61 Å². The van der Waals surface area contributed by atoms with E-state index in [1.54, 1.807) is 6.92 Å². The molecule has 6 heteroatoms. The Labute approximate surface area is 106 Å². The molecule has 1 rings (SSSR count). The van der Waals surface area contributed by atoms with Crippen molar-refractivity contribution in [1.82, 2.24) is 9.97 Å². The summed E-state index contributed by atoms with van der Waals surface area (Å²) in [6.07, 6.45) is 1.24. The Morgan fingerprint density at radius 3 is 2.56 bits per heavy atom. The molecule has 1 aromatic rings. The van der Waals surface area contributed by atoms with Crippen molar-refractivity contribution in [2.75, 3.05) is 13.2 Å². The van der Waals surface area contributed by atoms with Crippen LogP contribution in [0.4, 0.5) is 0 Å². The molecule has 0 amide bonds. The maximum absolute atomic E-state index is 10.8. The average Bonchev–Trinajstić information content (AvgIpc) is 2.22. The molecule has 1 N–H and O–H groups in total. The van der Waals surface area contributed by atoms with Gasteiger partial charge in [-0.25, -0.2) is 9.78 Å². The normalized spacial score (nSPS) is 11.3. The molecule has 0 fully saturated rings. The molecule has 0 unspecified atom stereocenters. The zero-order valence-electron chi connectivity index (χ0n) is 11.1. The van der Waals surface area contributed by atoms with E-state index in [9.17, 15) is 4.79 Å². The van der Waals surface area contributed by atoms with E-state index in [1.807, 2.05) is 20.8 Å². The summed E-state index contributed by atoms with van der Waals surface area (Å²) in [5.41, 5.74) is 0.241. The van der Waals surface area contributed by atoms with Crippen LogP contribution >= 0.6 is 0 Å². The summed E-state index contributed by atoms with van der Waals surface area (Å²) in [7, 11) is 0. The maximum atomic E-state index is 10.8. The number of rotatable bonds is 5. The molecule has 0 aliphatic carbocycles. The molecule has 0 spiro atoms. The highest BCUT2D eigenvalue weighted by molar-refractivity contribution is 5.88. The van der Waals surface area contributed by atoms with Gasteiger partial charge in [0.2, 0.25) is 0 Å². The van der Waals surface area contributed by atoms with Crippen molar-refractivity contribution >= 4 is 5.97 Å². The largest absolute Gasteiger partial charge is 0.478 e. The van der Waals surface area contributed by atoms with Crippen molar-refractivity contribution in [1.29, 1.82) is 0 Å². The molecule has 0 saturated carbocycles. The van der Waals surface area contributed by atoms with Crippen molar-refractivity contribution in [3.8, 4) is 6.01 Å². The van der Waals surface area contributed by atoms with Crippen LogP contribution in [-0.2, 0) is 4.74 Å². The highest BCUT2D eigenvalue weighted by atomic mass is 16.5. The summed E-state index contributed by atoms with van der Waals surface area (Å²) >= 11 is 0. The molecule has 0 atom stereocenters. The fraction of sp³-hybridized carbons (Fsp3) is 0.583. The molecule has 100 valence electrons. The molecule has 0 bridgehead atoms. The van der Waals surface area contributed by atoms with Crippen LogP contribution in [0.1, 0.15) is 36.8 Å². The Kier molecular flexibility index (Phi) is 4.61. The van der Waals surface area contributed by atoms with Crippen molar-refractivity contribution in [3.05, 3.63) is 17.5 Å². The molecule has 0 aromatic carbocycles. The number of aromatic carboxylic acids is 1. The van der Waals surface area contributed by atoms with Crippen LogP contribution in [0.5, 0.6) is 6.01 Å². The summed E-state index contributed by atoms with van der Waals surface area (Å²) in [6, 6.07) is 0.162. The van der Waals surface area contributed by atoms with Gasteiger partial charge in [0, 0.05) is 6.20 Å². The van der Waals surface area contributed by atoms with Crippen molar-refractivity contribution in [2.24, 2.45) is 0 Å². The number of carboxylic acids is 1. The van der Waals surface area contributed by atoms with Crippen molar-refractivity contribution in [3.63, 3.8) is 0 Å². The summed E-state index contributed by atoms with van der Waals surface area (Å²) in [5.74, 6) is -1.05. The second-order valence-corrected chi connectivity index (χ2v) is 4.77.